The van der Waals surface area contributed by atoms with E-state index in [1.54, 1.807) is 0 Å². The fourth-order valence-electron chi connectivity index (χ4n) is 6.49. The number of nitrogens with zero attached hydrogens (tertiary/aromatic N) is 1. The van der Waals surface area contributed by atoms with Crippen molar-refractivity contribution in [2.75, 3.05) is 0 Å². The second kappa shape index (κ2) is 12.1. The Morgan fingerprint density at radius 3 is 1.88 bits per heavy atom. The van der Waals surface area contributed by atoms with Crippen LogP contribution in [0.3, 0.4) is 0 Å². The number of benzene rings is 4. The summed E-state index contributed by atoms with van der Waals surface area (Å²) in [7, 11) is 2.05. The summed E-state index contributed by atoms with van der Waals surface area (Å²) < 4.78 is 13.9. The molecular weight excluding hydrogens is 534 g/mol. The summed E-state index contributed by atoms with van der Waals surface area (Å²) in [5.41, 5.74) is 4.43. The highest BCUT2D eigenvalue weighted by Crippen LogP contribution is 2.54. The summed E-state index contributed by atoms with van der Waals surface area (Å²) in [6, 6.07) is 37.6. The predicted octanol–water partition coefficient (Wildman–Crippen LogP) is 7.75. The molecule has 1 aliphatic rings. The van der Waals surface area contributed by atoms with Gasteiger partial charge in [-0.15, -0.1) is 0 Å². The van der Waals surface area contributed by atoms with Gasteiger partial charge in [0.2, 0.25) is 0 Å². The lowest BCUT2D eigenvalue weighted by Crippen LogP contribution is -2.40. The highest BCUT2D eigenvalue weighted by Gasteiger charge is 2.57. The molecule has 1 aromatic heterocycles. The zero-order valence-corrected chi connectivity index (χ0v) is 24.3. The molecule has 0 saturated heterocycles. The molecule has 1 aliphatic carbocycles. The van der Waals surface area contributed by atoms with E-state index < -0.39 is 17.4 Å². The van der Waals surface area contributed by atoms with Crippen LogP contribution in [0, 0.1) is 11.3 Å². The minimum absolute atomic E-state index is 0.0793. The second-order valence-corrected chi connectivity index (χ2v) is 11.5. The van der Waals surface area contributed by atoms with Crippen LogP contribution in [0.2, 0.25) is 0 Å². The fraction of sp³-hybridized carbons (Fsp3) is 0.211. The maximum Gasteiger partial charge on any atom is 0.324 e. The molecule has 4 aromatic carbocycles. The molecule has 43 heavy (non-hydrogen) atoms. The molecule has 0 bridgehead atoms. The van der Waals surface area contributed by atoms with E-state index in [-0.39, 0.29) is 37.9 Å². The van der Waals surface area contributed by atoms with Gasteiger partial charge in [-0.3, -0.25) is 9.59 Å². The SMILES string of the molecule is C=C1CC(C(=O)OCc2ccccc2)(C(=O)OCc2ccccc2)C[C@@H]1[C@H](c1ccccc1)c1cn(C)c2ccccc12. The number of hydrogen-bond acceptors (Lipinski definition) is 4. The van der Waals surface area contributed by atoms with E-state index in [0.717, 1.165) is 38.7 Å². The first-order valence-electron chi connectivity index (χ1n) is 14.6. The molecule has 2 atom stereocenters. The Kier molecular flexibility index (Phi) is 7.97. The van der Waals surface area contributed by atoms with Crippen molar-refractivity contribution in [2.45, 2.75) is 32.0 Å². The average molecular weight is 570 g/mol. The third-order valence-corrected chi connectivity index (χ3v) is 8.65. The average Bonchev–Trinajstić information content (AvgIpc) is 3.58. The molecule has 5 heteroatoms. The topological polar surface area (TPSA) is 57.5 Å². The summed E-state index contributed by atoms with van der Waals surface area (Å²) in [5.74, 6) is -1.45. The van der Waals surface area contributed by atoms with Gasteiger partial charge in [-0.1, -0.05) is 121 Å². The quantitative estimate of drug-likeness (QED) is 0.103. The van der Waals surface area contributed by atoms with Crippen molar-refractivity contribution >= 4 is 22.8 Å². The van der Waals surface area contributed by atoms with Crippen LogP contribution < -0.4 is 0 Å². The number of ether oxygens (including phenoxy) is 2. The highest BCUT2D eigenvalue weighted by atomic mass is 16.6. The maximum absolute atomic E-state index is 14.0. The number of aryl methyl sites for hydroxylation is 1. The van der Waals surface area contributed by atoms with Crippen LogP contribution >= 0.6 is 0 Å². The van der Waals surface area contributed by atoms with Crippen molar-refractivity contribution in [3.63, 3.8) is 0 Å². The summed E-state index contributed by atoms with van der Waals surface area (Å²) in [6.07, 6.45) is 2.58. The van der Waals surface area contributed by atoms with Crippen molar-refractivity contribution < 1.29 is 19.1 Å². The van der Waals surface area contributed by atoms with E-state index in [0.29, 0.717) is 0 Å². The van der Waals surface area contributed by atoms with Gasteiger partial charge in [0.25, 0.3) is 0 Å². The molecule has 0 amide bonds. The lowest BCUT2D eigenvalue weighted by atomic mass is 9.76. The molecule has 0 radical (unpaired) electrons. The predicted molar refractivity (Wildman–Crippen MR) is 168 cm³/mol. The van der Waals surface area contributed by atoms with Crippen molar-refractivity contribution in [3.8, 4) is 0 Å². The zero-order chi connectivity index (χ0) is 29.8. The molecule has 1 heterocycles. The molecule has 0 N–H and O–H groups in total. The number of rotatable bonds is 9. The Morgan fingerprint density at radius 2 is 1.30 bits per heavy atom. The van der Waals surface area contributed by atoms with E-state index >= 15 is 0 Å². The van der Waals surface area contributed by atoms with Crippen molar-refractivity contribution in [2.24, 2.45) is 18.4 Å². The lowest BCUT2D eigenvalue weighted by molar-refractivity contribution is -0.174. The second-order valence-electron chi connectivity index (χ2n) is 11.5. The number of allylic oxidation sites excluding steroid dienone is 1. The monoisotopic (exact) mass is 569 g/mol. The number of carbonyl (C=O) groups is 2. The zero-order valence-electron chi connectivity index (χ0n) is 24.3. The highest BCUT2D eigenvalue weighted by molar-refractivity contribution is 6.01. The molecule has 0 aliphatic heterocycles. The van der Waals surface area contributed by atoms with Crippen molar-refractivity contribution in [3.05, 3.63) is 156 Å². The lowest BCUT2D eigenvalue weighted by Gasteiger charge is -2.28. The largest absolute Gasteiger partial charge is 0.460 e. The van der Waals surface area contributed by atoms with Crippen LogP contribution in [0.15, 0.2) is 134 Å². The molecule has 1 saturated carbocycles. The van der Waals surface area contributed by atoms with E-state index in [2.05, 4.69) is 41.6 Å². The first-order chi connectivity index (χ1) is 21.0. The summed E-state index contributed by atoms with van der Waals surface area (Å²) in [4.78, 5) is 28.1. The van der Waals surface area contributed by atoms with E-state index in [9.17, 15) is 9.59 Å². The number of carbonyl (C=O) groups excluding carboxylic acids is 2. The standard InChI is InChI=1S/C38H35NO4/c1-27-22-38(36(40)42-25-28-14-6-3-7-15-28,37(41)43-26-29-16-8-4-9-17-29)23-32(27)35(30-18-10-5-11-19-30)33-24-39(2)34-21-13-12-20-31(33)34/h3-21,24,32,35H,1,22-23,25-26H2,2H3/t32-,35-/m0/s1. The first kappa shape index (κ1) is 28.2. The molecule has 216 valence electrons. The fourth-order valence-corrected chi connectivity index (χ4v) is 6.49. The Balaban J connectivity index is 1.38. The number of fused-ring (bicyclic) bond motifs is 1. The smallest absolute Gasteiger partial charge is 0.324 e. The van der Waals surface area contributed by atoms with Gasteiger partial charge in [-0.25, -0.2) is 0 Å². The number of aromatic nitrogens is 1. The van der Waals surface area contributed by atoms with Gasteiger partial charge in [0.1, 0.15) is 13.2 Å². The summed E-state index contributed by atoms with van der Waals surface area (Å²) >= 11 is 0. The molecule has 5 nitrogen and oxygen atoms in total. The Hall–Kier alpha value is -4.90. The van der Waals surface area contributed by atoms with Crippen LogP contribution in [-0.2, 0) is 39.3 Å². The van der Waals surface area contributed by atoms with Crippen LogP contribution in [0.1, 0.15) is 41.0 Å². The minimum Gasteiger partial charge on any atom is -0.460 e. The number of para-hydroxylation sites is 1. The van der Waals surface area contributed by atoms with Gasteiger partial charge in [-0.2, -0.15) is 0 Å². The maximum atomic E-state index is 14.0. The van der Waals surface area contributed by atoms with Crippen LogP contribution in [0.4, 0.5) is 0 Å². The van der Waals surface area contributed by atoms with Crippen LogP contribution in [0.5, 0.6) is 0 Å². The minimum atomic E-state index is -1.50. The van der Waals surface area contributed by atoms with Gasteiger partial charge in [0.15, 0.2) is 5.41 Å². The van der Waals surface area contributed by atoms with Gasteiger partial charge in [0, 0.05) is 30.1 Å². The molecule has 0 spiro atoms. The van der Waals surface area contributed by atoms with Gasteiger partial charge < -0.3 is 14.0 Å². The van der Waals surface area contributed by atoms with E-state index in [1.165, 1.54) is 0 Å². The van der Waals surface area contributed by atoms with Crippen molar-refractivity contribution in [1.29, 1.82) is 0 Å². The number of esters is 2. The Bertz CT molecular complexity index is 1690. The third-order valence-electron chi connectivity index (χ3n) is 8.65. The van der Waals surface area contributed by atoms with Gasteiger partial charge in [-0.05, 0) is 47.1 Å². The van der Waals surface area contributed by atoms with Gasteiger partial charge >= 0.3 is 11.9 Å². The number of hydrogen-bond donors (Lipinski definition) is 0. The van der Waals surface area contributed by atoms with Crippen molar-refractivity contribution in [1.82, 2.24) is 4.57 Å². The molecule has 0 unspecified atom stereocenters. The summed E-state index contributed by atoms with van der Waals surface area (Å²) in [5, 5.41) is 1.14. The Morgan fingerprint density at radius 1 is 0.791 bits per heavy atom. The molecule has 6 rings (SSSR count). The molecule has 1 fully saturated rings. The van der Waals surface area contributed by atoms with Crippen LogP contribution in [0.25, 0.3) is 10.9 Å². The normalized spacial score (nSPS) is 16.6. The third kappa shape index (κ3) is 5.63. The van der Waals surface area contributed by atoms with Gasteiger partial charge in [0.05, 0.1) is 0 Å². The van der Waals surface area contributed by atoms with E-state index in [4.69, 9.17) is 9.47 Å². The molecular formula is C38H35NO4. The van der Waals surface area contributed by atoms with E-state index in [1.807, 2.05) is 98.0 Å². The molecule has 5 aromatic rings. The first-order valence-corrected chi connectivity index (χ1v) is 14.6. The van der Waals surface area contributed by atoms with Crippen LogP contribution in [-0.4, -0.2) is 16.5 Å². The Labute approximate surface area is 252 Å². The summed E-state index contributed by atoms with van der Waals surface area (Å²) in [6.45, 7) is 4.63.